The number of rotatable bonds is 10. The second kappa shape index (κ2) is 12.4. The third kappa shape index (κ3) is 6.07. The summed E-state index contributed by atoms with van der Waals surface area (Å²) in [4.78, 5) is 35.5. The number of nitrogens with zero attached hydrogens (tertiary/aromatic N) is 3. The van der Waals surface area contributed by atoms with E-state index in [0.29, 0.717) is 58.9 Å². The minimum atomic E-state index is -0.671. The van der Waals surface area contributed by atoms with Gasteiger partial charge in [0.05, 0.1) is 22.6 Å². The fourth-order valence-electron chi connectivity index (χ4n) is 4.53. The number of aromatic nitrogens is 2. The number of halogens is 2. The topological polar surface area (TPSA) is 93.2 Å². The largest absolute Gasteiger partial charge is 0.330 e. The Morgan fingerprint density at radius 3 is 2.55 bits per heavy atom. The lowest BCUT2D eigenvalue weighted by Gasteiger charge is -2.33. The lowest BCUT2D eigenvalue weighted by molar-refractivity contribution is 0.0662. The summed E-state index contributed by atoms with van der Waals surface area (Å²) in [7, 11) is 0. The minimum absolute atomic E-state index is 0.303. The fraction of sp³-hybridized carbons (Fsp3) is 0.167. The van der Waals surface area contributed by atoms with Crippen LogP contribution in [0.3, 0.4) is 0 Å². The van der Waals surface area contributed by atoms with Gasteiger partial charge in [0.1, 0.15) is 5.82 Å². The first-order chi connectivity index (χ1) is 19.4. The molecule has 7 nitrogen and oxygen atoms in total. The maximum atomic E-state index is 14.0. The van der Waals surface area contributed by atoms with Crippen LogP contribution in [-0.2, 0) is 6.42 Å². The number of para-hydroxylation sites is 1. The summed E-state index contributed by atoms with van der Waals surface area (Å²) < 4.78 is 15.1. The number of hydrogen-bond donors (Lipinski definition) is 2. The van der Waals surface area contributed by atoms with E-state index < -0.39 is 11.9 Å². The zero-order chi connectivity index (χ0) is 28.1. The summed E-state index contributed by atoms with van der Waals surface area (Å²) in [5.41, 5.74) is 10.2. The van der Waals surface area contributed by atoms with Gasteiger partial charge in [-0.1, -0.05) is 35.9 Å². The molecule has 1 amide bonds. The number of benzene rings is 3. The summed E-state index contributed by atoms with van der Waals surface area (Å²) >= 11 is 7.84. The number of nitrogens with two attached hydrogens (primary N) is 1. The quantitative estimate of drug-likeness (QED) is 0.216. The summed E-state index contributed by atoms with van der Waals surface area (Å²) in [6.45, 7) is 0.659. The van der Waals surface area contributed by atoms with Crippen LogP contribution in [0.25, 0.3) is 10.9 Å². The molecule has 0 saturated heterocycles. The lowest BCUT2D eigenvalue weighted by Crippen LogP contribution is -2.42. The third-order valence-corrected chi connectivity index (χ3v) is 7.61. The van der Waals surface area contributed by atoms with Crippen molar-refractivity contribution in [3.8, 4) is 0 Å². The highest BCUT2D eigenvalue weighted by Crippen LogP contribution is 2.29. The van der Waals surface area contributed by atoms with E-state index in [0.717, 1.165) is 4.88 Å². The van der Waals surface area contributed by atoms with Gasteiger partial charge >= 0.3 is 0 Å². The standard InChI is InChI=1S/C30H27ClFN5O2S/c31-21-11-14-25-26(18-21)34-28(37(30(25)39)35-23-6-2-1-3-7-23)27(19-24-8-4-17-40-24)36(16-5-15-33)29(38)20-9-12-22(32)13-10-20/h1-4,6-14,17-18,27,35H,5,15-16,19,33H2. The third-order valence-electron chi connectivity index (χ3n) is 6.48. The van der Waals surface area contributed by atoms with Crippen LogP contribution in [0.15, 0.2) is 95.1 Å². The Balaban J connectivity index is 1.73. The molecule has 0 aliphatic heterocycles. The van der Waals surface area contributed by atoms with Crippen molar-refractivity contribution in [2.45, 2.75) is 18.9 Å². The van der Waals surface area contributed by atoms with Crippen LogP contribution in [0.2, 0.25) is 5.02 Å². The molecule has 1 unspecified atom stereocenters. The Morgan fingerprint density at radius 2 is 1.85 bits per heavy atom. The van der Waals surface area contributed by atoms with Crippen molar-refractivity contribution in [3.05, 3.63) is 128 Å². The number of fused-ring (bicyclic) bond motifs is 1. The van der Waals surface area contributed by atoms with Crippen molar-refractivity contribution in [1.29, 1.82) is 0 Å². The van der Waals surface area contributed by atoms with Gasteiger partial charge in [-0.05, 0) is 79.0 Å². The van der Waals surface area contributed by atoms with Crippen LogP contribution in [-0.4, -0.2) is 33.6 Å². The van der Waals surface area contributed by atoms with Crippen LogP contribution in [0.5, 0.6) is 0 Å². The molecule has 204 valence electrons. The molecular weight excluding hydrogens is 549 g/mol. The highest BCUT2D eigenvalue weighted by atomic mass is 35.5. The molecule has 3 aromatic carbocycles. The van der Waals surface area contributed by atoms with Crippen LogP contribution in [0.4, 0.5) is 10.1 Å². The number of nitrogens with one attached hydrogen (secondary N) is 1. The Bertz CT molecular complexity index is 1660. The highest BCUT2D eigenvalue weighted by molar-refractivity contribution is 7.09. The predicted octanol–water partition coefficient (Wildman–Crippen LogP) is 5.90. The first-order valence-corrected chi connectivity index (χ1v) is 14.0. The van der Waals surface area contributed by atoms with Gasteiger partial charge in [-0.3, -0.25) is 15.0 Å². The van der Waals surface area contributed by atoms with E-state index in [2.05, 4.69) is 5.43 Å². The number of amides is 1. The van der Waals surface area contributed by atoms with Crippen molar-refractivity contribution in [2.24, 2.45) is 5.73 Å². The maximum Gasteiger partial charge on any atom is 0.280 e. The molecule has 0 saturated carbocycles. The summed E-state index contributed by atoms with van der Waals surface area (Å²) in [6.07, 6.45) is 0.911. The highest BCUT2D eigenvalue weighted by Gasteiger charge is 2.31. The molecule has 2 heterocycles. The molecule has 0 spiro atoms. The molecule has 10 heteroatoms. The summed E-state index contributed by atoms with van der Waals surface area (Å²) in [6, 6.07) is 22.9. The second-order valence-electron chi connectivity index (χ2n) is 9.20. The van der Waals surface area contributed by atoms with E-state index in [9.17, 15) is 14.0 Å². The van der Waals surface area contributed by atoms with Gasteiger partial charge in [0.2, 0.25) is 0 Å². The van der Waals surface area contributed by atoms with E-state index in [1.807, 2.05) is 47.8 Å². The summed E-state index contributed by atoms with van der Waals surface area (Å²) in [5.74, 6) is -0.416. The van der Waals surface area contributed by atoms with Crippen molar-refractivity contribution >= 4 is 45.4 Å². The predicted molar refractivity (Wildman–Crippen MR) is 158 cm³/mol. The Kier molecular flexibility index (Phi) is 8.54. The molecule has 3 N–H and O–H groups in total. The Hall–Kier alpha value is -4.05. The molecule has 2 aromatic heterocycles. The van der Waals surface area contributed by atoms with Crippen molar-refractivity contribution in [3.63, 3.8) is 0 Å². The smallest absolute Gasteiger partial charge is 0.280 e. The Labute approximate surface area is 239 Å². The molecule has 0 fully saturated rings. The van der Waals surface area contributed by atoms with Crippen molar-refractivity contribution in [2.75, 3.05) is 18.5 Å². The number of hydrogen-bond acceptors (Lipinski definition) is 6. The SMILES string of the molecule is NCCCN(C(=O)c1ccc(F)cc1)C(Cc1cccs1)c1nc2cc(Cl)ccc2c(=O)n1Nc1ccccc1. The number of carbonyl (C=O) groups is 1. The normalized spacial score (nSPS) is 11.9. The first kappa shape index (κ1) is 27.5. The molecule has 0 aliphatic rings. The first-order valence-electron chi connectivity index (χ1n) is 12.8. The van der Waals surface area contributed by atoms with E-state index in [1.165, 1.54) is 28.9 Å². The average Bonchev–Trinajstić information content (AvgIpc) is 3.48. The Morgan fingerprint density at radius 1 is 1.07 bits per heavy atom. The monoisotopic (exact) mass is 575 g/mol. The molecular formula is C30H27ClFN5O2S. The minimum Gasteiger partial charge on any atom is -0.330 e. The van der Waals surface area contributed by atoms with Crippen molar-refractivity contribution in [1.82, 2.24) is 14.6 Å². The van der Waals surface area contributed by atoms with Gasteiger partial charge in [0.15, 0.2) is 5.82 Å². The van der Waals surface area contributed by atoms with E-state index in [4.69, 9.17) is 22.3 Å². The van der Waals surface area contributed by atoms with Crippen LogP contribution >= 0.6 is 22.9 Å². The molecule has 0 radical (unpaired) electrons. The second-order valence-corrected chi connectivity index (χ2v) is 10.7. The molecule has 5 aromatic rings. The summed E-state index contributed by atoms with van der Waals surface area (Å²) in [5, 5.41) is 2.78. The lowest BCUT2D eigenvalue weighted by atomic mass is 10.1. The fourth-order valence-corrected chi connectivity index (χ4v) is 5.44. The van der Waals surface area contributed by atoms with E-state index in [-0.39, 0.29) is 11.5 Å². The maximum absolute atomic E-state index is 14.0. The van der Waals surface area contributed by atoms with Gasteiger partial charge in [-0.15, -0.1) is 11.3 Å². The molecule has 1 atom stereocenters. The van der Waals surface area contributed by atoms with Gasteiger partial charge in [0.25, 0.3) is 11.5 Å². The van der Waals surface area contributed by atoms with Gasteiger partial charge in [-0.2, -0.15) is 0 Å². The van der Waals surface area contributed by atoms with Crippen LogP contribution in [0.1, 0.15) is 33.5 Å². The van der Waals surface area contributed by atoms with Gasteiger partial charge < -0.3 is 10.6 Å². The van der Waals surface area contributed by atoms with Crippen molar-refractivity contribution < 1.29 is 9.18 Å². The zero-order valence-corrected chi connectivity index (χ0v) is 23.0. The molecule has 0 bridgehead atoms. The average molecular weight is 576 g/mol. The van der Waals surface area contributed by atoms with Gasteiger partial charge in [0, 0.05) is 28.4 Å². The van der Waals surface area contributed by atoms with Crippen LogP contribution in [0, 0.1) is 5.82 Å². The number of carbonyl (C=O) groups excluding carboxylic acids is 1. The zero-order valence-electron chi connectivity index (χ0n) is 21.5. The van der Waals surface area contributed by atoms with E-state index in [1.54, 1.807) is 34.4 Å². The number of thiophene rings is 1. The van der Waals surface area contributed by atoms with Gasteiger partial charge in [-0.25, -0.2) is 14.1 Å². The molecule has 0 aliphatic carbocycles. The molecule has 40 heavy (non-hydrogen) atoms. The van der Waals surface area contributed by atoms with Crippen LogP contribution < -0.4 is 16.7 Å². The van der Waals surface area contributed by atoms with E-state index >= 15 is 0 Å². The molecule has 5 rings (SSSR count). The number of anilines is 1.